The van der Waals surface area contributed by atoms with Crippen molar-refractivity contribution < 1.29 is 14.3 Å². The lowest BCUT2D eigenvalue weighted by Crippen LogP contribution is -2.51. The predicted octanol–water partition coefficient (Wildman–Crippen LogP) is 5.14. The van der Waals surface area contributed by atoms with Gasteiger partial charge in [-0.1, -0.05) is 93.6 Å². The van der Waals surface area contributed by atoms with Crippen molar-refractivity contribution in [2.75, 3.05) is 13.2 Å². The molecule has 1 N–H and O–H groups in total. The van der Waals surface area contributed by atoms with Gasteiger partial charge in [0.05, 0.1) is 0 Å². The molecule has 0 spiro atoms. The summed E-state index contributed by atoms with van der Waals surface area (Å²) in [5.41, 5.74) is 3.19. The maximum Gasteiger partial charge on any atom is 0.261 e. The van der Waals surface area contributed by atoms with Crippen molar-refractivity contribution in [3.05, 3.63) is 102 Å². The molecule has 0 bridgehead atoms. The van der Waals surface area contributed by atoms with E-state index in [-0.39, 0.29) is 23.8 Å². The number of carbonyl (C=O) groups excluding carboxylic acids is 2. The van der Waals surface area contributed by atoms with Crippen LogP contribution in [0.15, 0.2) is 84.9 Å². The standard InChI is InChI=1S/C30H36N2O3/c1-5-31-29(34)27(20-23-12-8-6-9-13-23)32(21-24-14-10-7-11-15-24)28(33)22-35-26-18-16-25(17-19-26)30(2,3)4/h6-19,27H,5,20-22H2,1-4H3,(H,31,34)/t27-/m1/s1. The number of benzene rings is 3. The molecular formula is C30H36N2O3. The van der Waals surface area contributed by atoms with Gasteiger partial charge in [-0.25, -0.2) is 0 Å². The molecule has 2 amide bonds. The molecule has 0 unspecified atom stereocenters. The summed E-state index contributed by atoms with van der Waals surface area (Å²) in [6, 6.07) is 26.7. The van der Waals surface area contributed by atoms with Crippen LogP contribution in [0.2, 0.25) is 0 Å². The molecule has 0 aliphatic rings. The molecule has 0 aliphatic carbocycles. The Bertz CT molecular complexity index is 1070. The van der Waals surface area contributed by atoms with Crippen LogP contribution in [0.4, 0.5) is 0 Å². The Morgan fingerprint density at radius 3 is 1.97 bits per heavy atom. The first-order valence-corrected chi connectivity index (χ1v) is 12.2. The Balaban J connectivity index is 1.83. The lowest BCUT2D eigenvalue weighted by atomic mass is 9.87. The minimum atomic E-state index is -0.656. The van der Waals surface area contributed by atoms with E-state index in [1.165, 1.54) is 5.56 Å². The van der Waals surface area contributed by atoms with Gasteiger partial charge < -0.3 is 15.0 Å². The minimum Gasteiger partial charge on any atom is -0.484 e. The number of rotatable bonds is 10. The van der Waals surface area contributed by atoms with Crippen LogP contribution in [-0.4, -0.2) is 35.9 Å². The fraction of sp³-hybridized carbons (Fsp3) is 0.333. The smallest absolute Gasteiger partial charge is 0.261 e. The summed E-state index contributed by atoms with van der Waals surface area (Å²) in [5.74, 6) is 0.222. The van der Waals surface area contributed by atoms with Gasteiger partial charge in [0.25, 0.3) is 5.91 Å². The first-order chi connectivity index (χ1) is 16.8. The second kappa shape index (κ2) is 12.2. The number of amides is 2. The zero-order chi connectivity index (χ0) is 25.3. The van der Waals surface area contributed by atoms with Crippen LogP contribution in [-0.2, 0) is 28.0 Å². The Kier molecular flexibility index (Phi) is 9.07. The molecule has 35 heavy (non-hydrogen) atoms. The van der Waals surface area contributed by atoms with Gasteiger partial charge in [0.15, 0.2) is 6.61 Å². The van der Waals surface area contributed by atoms with Crippen LogP contribution in [0.5, 0.6) is 5.75 Å². The zero-order valence-corrected chi connectivity index (χ0v) is 21.2. The van der Waals surface area contributed by atoms with E-state index in [1.807, 2.05) is 91.9 Å². The number of hydrogen-bond donors (Lipinski definition) is 1. The van der Waals surface area contributed by atoms with E-state index in [0.29, 0.717) is 25.3 Å². The second-order valence-electron chi connectivity index (χ2n) is 9.67. The van der Waals surface area contributed by atoms with Gasteiger partial charge in [0, 0.05) is 19.5 Å². The fourth-order valence-electron chi connectivity index (χ4n) is 3.91. The zero-order valence-electron chi connectivity index (χ0n) is 21.2. The Labute approximate surface area is 209 Å². The minimum absolute atomic E-state index is 0.0398. The number of nitrogens with zero attached hydrogens (tertiary/aromatic N) is 1. The van der Waals surface area contributed by atoms with Gasteiger partial charge in [-0.05, 0) is 41.2 Å². The topological polar surface area (TPSA) is 58.6 Å². The van der Waals surface area contributed by atoms with E-state index in [4.69, 9.17) is 4.74 Å². The summed E-state index contributed by atoms with van der Waals surface area (Å²) in [7, 11) is 0. The van der Waals surface area contributed by atoms with Crippen LogP contribution in [0, 0.1) is 0 Å². The molecule has 0 heterocycles. The van der Waals surface area contributed by atoms with Crippen LogP contribution in [0.3, 0.4) is 0 Å². The molecular weight excluding hydrogens is 436 g/mol. The maximum atomic E-state index is 13.5. The molecule has 3 aromatic rings. The maximum absolute atomic E-state index is 13.5. The molecule has 5 nitrogen and oxygen atoms in total. The van der Waals surface area contributed by atoms with Crippen molar-refractivity contribution in [3.8, 4) is 5.75 Å². The van der Waals surface area contributed by atoms with Crippen molar-refractivity contribution in [1.82, 2.24) is 10.2 Å². The van der Waals surface area contributed by atoms with E-state index in [9.17, 15) is 9.59 Å². The molecule has 0 aliphatic heterocycles. The highest BCUT2D eigenvalue weighted by Crippen LogP contribution is 2.24. The molecule has 1 atom stereocenters. The van der Waals surface area contributed by atoms with Crippen molar-refractivity contribution in [2.45, 2.75) is 52.1 Å². The quantitative estimate of drug-likeness (QED) is 0.445. The second-order valence-corrected chi connectivity index (χ2v) is 9.67. The summed E-state index contributed by atoms with van der Waals surface area (Å²) >= 11 is 0. The summed E-state index contributed by atoms with van der Waals surface area (Å²) in [4.78, 5) is 28.3. The summed E-state index contributed by atoms with van der Waals surface area (Å²) in [6.07, 6.45) is 0.422. The number of likely N-dealkylation sites (N-methyl/N-ethyl adjacent to an activating group) is 1. The monoisotopic (exact) mass is 472 g/mol. The third-order valence-corrected chi connectivity index (χ3v) is 5.90. The van der Waals surface area contributed by atoms with Gasteiger partial charge in [-0.3, -0.25) is 9.59 Å². The Hall–Kier alpha value is -3.60. The highest BCUT2D eigenvalue weighted by Gasteiger charge is 2.30. The van der Waals surface area contributed by atoms with Crippen molar-refractivity contribution in [3.63, 3.8) is 0 Å². The van der Waals surface area contributed by atoms with E-state index < -0.39 is 6.04 Å². The van der Waals surface area contributed by atoms with Gasteiger partial charge in [-0.15, -0.1) is 0 Å². The number of ether oxygens (including phenoxy) is 1. The molecule has 0 radical (unpaired) electrons. The predicted molar refractivity (Wildman–Crippen MR) is 140 cm³/mol. The largest absolute Gasteiger partial charge is 0.484 e. The Morgan fingerprint density at radius 2 is 1.43 bits per heavy atom. The lowest BCUT2D eigenvalue weighted by Gasteiger charge is -2.31. The van der Waals surface area contributed by atoms with E-state index in [0.717, 1.165) is 11.1 Å². The van der Waals surface area contributed by atoms with E-state index >= 15 is 0 Å². The third kappa shape index (κ3) is 7.71. The summed E-state index contributed by atoms with van der Waals surface area (Å²) in [5, 5.41) is 2.91. The molecule has 0 fully saturated rings. The van der Waals surface area contributed by atoms with Crippen LogP contribution < -0.4 is 10.1 Å². The molecule has 0 saturated heterocycles. The number of carbonyl (C=O) groups is 2. The lowest BCUT2D eigenvalue weighted by molar-refractivity contribution is -0.142. The highest BCUT2D eigenvalue weighted by molar-refractivity contribution is 5.88. The molecule has 5 heteroatoms. The number of hydrogen-bond acceptors (Lipinski definition) is 3. The van der Waals surface area contributed by atoms with Crippen LogP contribution in [0.1, 0.15) is 44.4 Å². The fourth-order valence-corrected chi connectivity index (χ4v) is 3.91. The van der Waals surface area contributed by atoms with Gasteiger partial charge in [0.1, 0.15) is 11.8 Å². The molecule has 184 valence electrons. The average Bonchev–Trinajstić information content (AvgIpc) is 2.86. The van der Waals surface area contributed by atoms with Crippen molar-refractivity contribution in [1.29, 1.82) is 0 Å². The highest BCUT2D eigenvalue weighted by atomic mass is 16.5. The van der Waals surface area contributed by atoms with Crippen LogP contribution >= 0.6 is 0 Å². The first-order valence-electron chi connectivity index (χ1n) is 12.2. The Morgan fingerprint density at radius 1 is 0.857 bits per heavy atom. The summed E-state index contributed by atoms with van der Waals surface area (Å²) in [6.45, 7) is 9.01. The van der Waals surface area contributed by atoms with E-state index in [1.54, 1.807) is 4.90 Å². The van der Waals surface area contributed by atoms with E-state index in [2.05, 4.69) is 26.1 Å². The number of nitrogens with one attached hydrogen (secondary N) is 1. The molecule has 0 saturated carbocycles. The van der Waals surface area contributed by atoms with Gasteiger partial charge in [-0.2, -0.15) is 0 Å². The SMILES string of the molecule is CCNC(=O)[C@@H](Cc1ccccc1)N(Cc1ccccc1)C(=O)COc1ccc(C(C)(C)C)cc1. The molecule has 0 aromatic heterocycles. The van der Waals surface area contributed by atoms with Gasteiger partial charge in [0.2, 0.25) is 5.91 Å². The molecule has 3 rings (SSSR count). The first kappa shape index (κ1) is 26.0. The van der Waals surface area contributed by atoms with Crippen LogP contribution in [0.25, 0.3) is 0 Å². The third-order valence-electron chi connectivity index (χ3n) is 5.90. The average molecular weight is 473 g/mol. The molecule has 3 aromatic carbocycles. The van der Waals surface area contributed by atoms with Crippen molar-refractivity contribution >= 4 is 11.8 Å². The van der Waals surface area contributed by atoms with Gasteiger partial charge >= 0.3 is 0 Å². The summed E-state index contributed by atoms with van der Waals surface area (Å²) < 4.78 is 5.87. The van der Waals surface area contributed by atoms with Crippen molar-refractivity contribution in [2.24, 2.45) is 0 Å². The normalized spacial score (nSPS) is 12.0.